The second-order valence-electron chi connectivity index (χ2n) is 6.57. The lowest BCUT2D eigenvalue weighted by Crippen LogP contribution is -1.95. The van der Waals surface area contributed by atoms with E-state index in [0.717, 1.165) is 5.92 Å². The average Bonchev–Trinajstić information content (AvgIpc) is 2.41. The number of hydrogen-bond acceptors (Lipinski definition) is 0. The highest BCUT2D eigenvalue weighted by atomic mass is 14.1. The zero-order chi connectivity index (χ0) is 14.2. The Morgan fingerprint density at radius 1 is 0.474 bits per heavy atom. The minimum Gasteiger partial charge on any atom is -0.0654 e. The van der Waals surface area contributed by atoms with Crippen LogP contribution in [0.2, 0.25) is 0 Å². The van der Waals surface area contributed by atoms with E-state index in [2.05, 4.69) is 20.8 Å². The summed E-state index contributed by atoms with van der Waals surface area (Å²) < 4.78 is 0. The predicted octanol–water partition coefficient (Wildman–Crippen LogP) is 7.51. The summed E-state index contributed by atoms with van der Waals surface area (Å²) in [6.07, 6.45) is 21.8. The van der Waals surface area contributed by atoms with Crippen molar-refractivity contribution in [1.82, 2.24) is 0 Å². The van der Waals surface area contributed by atoms with Crippen molar-refractivity contribution in [2.24, 2.45) is 5.92 Å². The van der Waals surface area contributed by atoms with Crippen LogP contribution in [0.4, 0.5) is 0 Å². The lowest BCUT2D eigenvalue weighted by atomic mass is 9.96. The van der Waals surface area contributed by atoms with Crippen LogP contribution in [0.25, 0.3) is 0 Å². The fraction of sp³-hybridized carbons (Fsp3) is 1.00. The standard InChI is InChI=1S/C19H40/c1-4-6-8-10-12-14-16-18-19(3)17-15-13-11-9-7-5-2/h19H,4-18H2,1-3H3. The van der Waals surface area contributed by atoms with Crippen LogP contribution in [0, 0.1) is 5.92 Å². The van der Waals surface area contributed by atoms with Crippen LogP contribution in [0.5, 0.6) is 0 Å². The Morgan fingerprint density at radius 3 is 1.16 bits per heavy atom. The van der Waals surface area contributed by atoms with Crippen molar-refractivity contribution >= 4 is 0 Å². The van der Waals surface area contributed by atoms with E-state index in [0.29, 0.717) is 0 Å². The molecule has 0 spiro atoms. The topological polar surface area (TPSA) is 0 Å². The second-order valence-corrected chi connectivity index (χ2v) is 6.57. The smallest absolute Gasteiger partial charge is 0.0443 e. The molecule has 0 nitrogen and oxygen atoms in total. The SMILES string of the molecule is CCCCCCCCCC(C)CCCCCCCC. The molecular formula is C19H40. The van der Waals surface area contributed by atoms with E-state index in [1.54, 1.807) is 0 Å². The van der Waals surface area contributed by atoms with Crippen molar-refractivity contribution in [3.05, 3.63) is 0 Å². The molecule has 0 rings (SSSR count). The zero-order valence-corrected chi connectivity index (χ0v) is 14.2. The van der Waals surface area contributed by atoms with Crippen molar-refractivity contribution in [2.45, 2.75) is 117 Å². The van der Waals surface area contributed by atoms with Gasteiger partial charge in [-0.25, -0.2) is 0 Å². The number of hydrogen-bond donors (Lipinski definition) is 0. The minimum atomic E-state index is 0.974. The molecule has 0 aromatic heterocycles. The largest absolute Gasteiger partial charge is 0.0654 e. The summed E-state index contributed by atoms with van der Waals surface area (Å²) >= 11 is 0. The number of unbranched alkanes of at least 4 members (excludes halogenated alkanes) is 11. The lowest BCUT2D eigenvalue weighted by molar-refractivity contribution is 0.431. The van der Waals surface area contributed by atoms with Gasteiger partial charge in [-0.2, -0.15) is 0 Å². The van der Waals surface area contributed by atoms with Gasteiger partial charge in [0.05, 0.1) is 0 Å². The molecule has 0 aliphatic heterocycles. The third-order valence-electron chi connectivity index (χ3n) is 4.35. The Balaban J connectivity index is 3.10. The van der Waals surface area contributed by atoms with Crippen molar-refractivity contribution < 1.29 is 0 Å². The Kier molecular flexibility index (Phi) is 16.1. The molecule has 0 radical (unpaired) electrons. The Hall–Kier alpha value is 0. The van der Waals surface area contributed by atoms with E-state index < -0.39 is 0 Å². The predicted molar refractivity (Wildman–Crippen MR) is 89.8 cm³/mol. The molecule has 19 heavy (non-hydrogen) atoms. The third kappa shape index (κ3) is 15.9. The van der Waals surface area contributed by atoms with Crippen molar-refractivity contribution in [3.8, 4) is 0 Å². The molecule has 0 heteroatoms. The quantitative estimate of drug-likeness (QED) is 0.269. The first-order valence-electron chi connectivity index (χ1n) is 9.31. The Bertz CT molecular complexity index is 150. The molecule has 116 valence electrons. The first kappa shape index (κ1) is 19.0. The first-order valence-corrected chi connectivity index (χ1v) is 9.31. The van der Waals surface area contributed by atoms with E-state index in [9.17, 15) is 0 Å². The van der Waals surface area contributed by atoms with Gasteiger partial charge in [0.2, 0.25) is 0 Å². The first-order chi connectivity index (χ1) is 9.31. The molecule has 0 aliphatic carbocycles. The maximum atomic E-state index is 2.46. The highest BCUT2D eigenvalue weighted by Gasteiger charge is 2.01. The summed E-state index contributed by atoms with van der Waals surface area (Å²) in [4.78, 5) is 0. The van der Waals surface area contributed by atoms with Crippen LogP contribution in [-0.2, 0) is 0 Å². The van der Waals surface area contributed by atoms with Crippen LogP contribution in [0.15, 0.2) is 0 Å². The fourth-order valence-electron chi connectivity index (χ4n) is 2.87. The van der Waals surface area contributed by atoms with Gasteiger partial charge >= 0.3 is 0 Å². The highest BCUT2D eigenvalue weighted by Crippen LogP contribution is 2.18. The van der Waals surface area contributed by atoms with Crippen molar-refractivity contribution in [1.29, 1.82) is 0 Å². The van der Waals surface area contributed by atoms with Gasteiger partial charge in [-0.05, 0) is 5.92 Å². The second kappa shape index (κ2) is 16.1. The van der Waals surface area contributed by atoms with Gasteiger partial charge in [-0.1, -0.05) is 117 Å². The van der Waals surface area contributed by atoms with Gasteiger partial charge in [0.1, 0.15) is 0 Å². The van der Waals surface area contributed by atoms with E-state index >= 15 is 0 Å². The molecule has 0 saturated heterocycles. The molecule has 0 aromatic rings. The molecule has 0 fully saturated rings. The van der Waals surface area contributed by atoms with Crippen LogP contribution >= 0.6 is 0 Å². The van der Waals surface area contributed by atoms with Crippen molar-refractivity contribution in [3.63, 3.8) is 0 Å². The van der Waals surface area contributed by atoms with Gasteiger partial charge < -0.3 is 0 Å². The maximum Gasteiger partial charge on any atom is -0.0443 e. The molecular weight excluding hydrogens is 228 g/mol. The Labute approximate surface area is 123 Å². The zero-order valence-electron chi connectivity index (χ0n) is 14.2. The van der Waals surface area contributed by atoms with Crippen LogP contribution in [0.3, 0.4) is 0 Å². The van der Waals surface area contributed by atoms with Gasteiger partial charge in [0, 0.05) is 0 Å². The summed E-state index contributed by atoms with van der Waals surface area (Å²) in [5, 5.41) is 0. The van der Waals surface area contributed by atoms with Crippen LogP contribution in [-0.4, -0.2) is 0 Å². The van der Waals surface area contributed by atoms with Crippen LogP contribution in [0.1, 0.15) is 117 Å². The van der Waals surface area contributed by atoms with Crippen molar-refractivity contribution in [2.75, 3.05) is 0 Å². The lowest BCUT2D eigenvalue weighted by Gasteiger charge is -2.11. The maximum absolute atomic E-state index is 2.46. The summed E-state index contributed by atoms with van der Waals surface area (Å²) in [5.41, 5.74) is 0. The monoisotopic (exact) mass is 268 g/mol. The molecule has 0 aromatic carbocycles. The molecule has 1 unspecified atom stereocenters. The van der Waals surface area contributed by atoms with Gasteiger partial charge in [-0.3, -0.25) is 0 Å². The highest BCUT2D eigenvalue weighted by molar-refractivity contribution is 4.55. The molecule has 1 atom stereocenters. The molecule has 0 aliphatic rings. The minimum absolute atomic E-state index is 0.974. The molecule has 0 amide bonds. The van der Waals surface area contributed by atoms with E-state index in [1.807, 2.05) is 0 Å². The van der Waals surface area contributed by atoms with E-state index in [4.69, 9.17) is 0 Å². The van der Waals surface area contributed by atoms with E-state index in [1.165, 1.54) is 96.3 Å². The number of rotatable bonds is 15. The fourth-order valence-corrected chi connectivity index (χ4v) is 2.87. The molecule has 0 heterocycles. The normalized spacial score (nSPS) is 12.8. The summed E-state index contributed by atoms with van der Waals surface area (Å²) in [5.74, 6) is 0.974. The molecule has 0 N–H and O–H groups in total. The van der Waals surface area contributed by atoms with Crippen LogP contribution < -0.4 is 0 Å². The Morgan fingerprint density at radius 2 is 0.789 bits per heavy atom. The van der Waals surface area contributed by atoms with Gasteiger partial charge in [0.15, 0.2) is 0 Å². The summed E-state index contributed by atoms with van der Waals surface area (Å²) in [7, 11) is 0. The van der Waals surface area contributed by atoms with Gasteiger partial charge in [-0.15, -0.1) is 0 Å². The summed E-state index contributed by atoms with van der Waals surface area (Å²) in [6, 6.07) is 0. The molecule has 0 saturated carbocycles. The van der Waals surface area contributed by atoms with E-state index in [-0.39, 0.29) is 0 Å². The molecule has 0 bridgehead atoms. The third-order valence-corrected chi connectivity index (χ3v) is 4.35. The summed E-state index contributed by atoms with van der Waals surface area (Å²) in [6.45, 7) is 7.05. The van der Waals surface area contributed by atoms with Gasteiger partial charge in [0.25, 0.3) is 0 Å². The average molecular weight is 269 g/mol.